The molecule has 0 aromatic carbocycles. The van der Waals surface area contributed by atoms with E-state index in [9.17, 15) is 4.79 Å². The molecule has 4 heteroatoms. The Morgan fingerprint density at radius 1 is 1.30 bits per heavy atom. The fourth-order valence-electron chi connectivity index (χ4n) is 4.55. The highest BCUT2D eigenvalue weighted by molar-refractivity contribution is 5.73. The van der Waals surface area contributed by atoms with Gasteiger partial charge in [-0.3, -0.25) is 0 Å². The van der Waals surface area contributed by atoms with Gasteiger partial charge in [0.05, 0.1) is 11.6 Å². The molecule has 4 nitrogen and oxygen atoms in total. The van der Waals surface area contributed by atoms with Crippen LogP contribution in [0.25, 0.3) is 0 Å². The highest BCUT2D eigenvalue weighted by atomic mass is 16.5. The Balaban J connectivity index is 1.68. The summed E-state index contributed by atoms with van der Waals surface area (Å²) in [5.74, 6) is 0.798. The highest BCUT2D eigenvalue weighted by Gasteiger charge is 2.35. The minimum Gasteiger partial charge on any atom is -0.374 e. The molecule has 1 aliphatic heterocycles. The Bertz CT molecular complexity index is 494. The summed E-state index contributed by atoms with van der Waals surface area (Å²) in [6, 6.07) is -0.141. The topological polar surface area (TPSA) is 55.6 Å². The molecule has 128 valence electrons. The summed E-state index contributed by atoms with van der Waals surface area (Å²) in [7, 11) is 1.83. The van der Waals surface area contributed by atoms with Gasteiger partial charge < -0.3 is 15.4 Å². The lowest BCUT2D eigenvalue weighted by Crippen LogP contribution is -2.47. The molecule has 23 heavy (non-hydrogen) atoms. The van der Waals surface area contributed by atoms with Crippen molar-refractivity contribution in [2.45, 2.75) is 69.4 Å². The van der Waals surface area contributed by atoms with Crippen molar-refractivity contribution in [2.24, 2.45) is 11.7 Å². The second kappa shape index (κ2) is 7.08. The quantitative estimate of drug-likeness (QED) is 0.858. The summed E-state index contributed by atoms with van der Waals surface area (Å²) in [5.41, 5.74) is 6.65. The summed E-state index contributed by atoms with van der Waals surface area (Å²) in [4.78, 5) is 13.5. The van der Waals surface area contributed by atoms with Crippen LogP contribution in [0.1, 0.15) is 57.8 Å². The number of amides is 2. The summed E-state index contributed by atoms with van der Waals surface area (Å²) in [6.07, 6.45) is 17.4. The van der Waals surface area contributed by atoms with Crippen molar-refractivity contribution in [3.8, 4) is 0 Å². The number of primary amides is 1. The SMILES string of the molecule is COC1(CC2CCCC2)C=CC(C2CCCCN2C(N)=O)=CC1. The second-order valence-electron chi connectivity index (χ2n) is 7.41. The molecule has 1 saturated carbocycles. The molecule has 1 saturated heterocycles. The predicted octanol–water partition coefficient (Wildman–Crippen LogP) is 3.77. The first-order valence-electron chi connectivity index (χ1n) is 9.14. The van der Waals surface area contributed by atoms with Gasteiger partial charge in [0.15, 0.2) is 0 Å². The third-order valence-corrected chi connectivity index (χ3v) is 5.95. The zero-order valence-electron chi connectivity index (χ0n) is 14.3. The normalized spacial score (nSPS) is 32.1. The number of methoxy groups -OCH3 is 1. The highest BCUT2D eigenvalue weighted by Crippen LogP contribution is 2.39. The van der Waals surface area contributed by atoms with Gasteiger partial charge in [-0.2, -0.15) is 0 Å². The number of nitrogens with zero attached hydrogens (tertiary/aromatic N) is 1. The van der Waals surface area contributed by atoms with Crippen molar-refractivity contribution >= 4 is 6.03 Å². The average Bonchev–Trinajstić information content (AvgIpc) is 3.08. The van der Waals surface area contributed by atoms with Crippen molar-refractivity contribution in [1.29, 1.82) is 0 Å². The van der Waals surface area contributed by atoms with E-state index < -0.39 is 0 Å². The summed E-state index contributed by atoms with van der Waals surface area (Å²) >= 11 is 0. The average molecular weight is 318 g/mol. The first-order valence-corrected chi connectivity index (χ1v) is 9.14. The van der Waals surface area contributed by atoms with Gasteiger partial charge >= 0.3 is 6.03 Å². The molecule has 2 amide bonds. The van der Waals surface area contributed by atoms with Gasteiger partial charge in [0.2, 0.25) is 0 Å². The van der Waals surface area contributed by atoms with Crippen LogP contribution >= 0.6 is 0 Å². The van der Waals surface area contributed by atoms with E-state index in [0.29, 0.717) is 0 Å². The van der Waals surface area contributed by atoms with Crippen LogP contribution in [0, 0.1) is 5.92 Å². The van der Waals surface area contributed by atoms with Crippen LogP contribution in [-0.2, 0) is 4.74 Å². The number of hydrogen-bond acceptors (Lipinski definition) is 2. The molecular formula is C19H30N2O2. The number of likely N-dealkylation sites (tertiary alicyclic amines) is 1. The first kappa shape index (κ1) is 16.6. The van der Waals surface area contributed by atoms with Gasteiger partial charge in [-0.05, 0) is 43.6 Å². The van der Waals surface area contributed by atoms with Gasteiger partial charge in [-0.25, -0.2) is 4.79 Å². The number of carbonyl (C=O) groups is 1. The molecule has 0 radical (unpaired) electrons. The zero-order valence-corrected chi connectivity index (χ0v) is 14.3. The number of ether oxygens (including phenoxy) is 1. The Morgan fingerprint density at radius 2 is 2.04 bits per heavy atom. The maximum atomic E-state index is 11.7. The monoisotopic (exact) mass is 318 g/mol. The van der Waals surface area contributed by atoms with Crippen molar-refractivity contribution in [2.75, 3.05) is 13.7 Å². The minimum absolute atomic E-state index is 0.148. The maximum absolute atomic E-state index is 11.7. The van der Waals surface area contributed by atoms with Crippen LogP contribution in [0.5, 0.6) is 0 Å². The number of rotatable bonds is 4. The van der Waals surface area contributed by atoms with Crippen LogP contribution < -0.4 is 5.73 Å². The summed E-state index contributed by atoms with van der Waals surface area (Å²) in [5, 5.41) is 0. The van der Waals surface area contributed by atoms with Crippen LogP contribution in [0.4, 0.5) is 4.79 Å². The Hall–Kier alpha value is -1.29. The van der Waals surface area contributed by atoms with E-state index >= 15 is 0 Å². The van der Waals surface area contributed by atoms with E-state index in [1.54, 1.807) is 0 Å². The maximum Gasteiger partial charge on any atom is 0.315 e. The van der Waals surface area contributed by atoms with Crippen LogP contribution in [0.3, 0.4) is 0 Å². The largest absolute Gasteiger partial charge is 0.374 e. The first-order chi connectivity index (χ1) is 11.1. The van der Waals surface area contributed by atoms with Crippen LogP contribution in [0.15, 0.2) is 23.8 Å². The van der Waals surface area contributed by atoms with Gasteiger partial charge in [0.1, 0.15) is 0 Å². The van der Waals surface area contributed by atoms with E-state index in [1.165, 1.54) is 31.3 Å². The van der Waals surface area contributed by atoms with E-state index in [0.717, 1.165) is 44.6 Å². The summed E-state index contributed by atoms with van der Waals surface area (Å²) in [6.45, 7) is 0.780. The fraction of sp³-hybridized carbons (Fsp3) is 0.737. The van der Waals surface area contributed by atoms with Gasteiger partial charge in [-0.15, -0.1) is 0 Å². The Kier molecular flexibility index (Phi) is 5.10. The van der Waals surface area contributed by atoms with E-state index in [4.69, 9.17) is 10.5 Å². The smallest absolute Gasteiger partial charge is 0.315 e. The van der Waals surface area contributed by atoms with Crippen molar-refractivity contribution in [3.63, 3.8) is 0 Å². The van der Waals surface area contributed by atoms with Crippen LogP contribution in [0.2, 0.25) is 0 Å². The number of urea groups is 1. The molecule has 0 spiro atoms. The number of carbonyl (C=O) groups excluding carboxylic acids is 1. The minimum atomic E-state index is -0.293. The summed E-state index contributed by atoms with van der Waals surface area (Å²) < 4.78 is 5.91. The zero-order chi connectivity index (χ0) is 16.3. The lowest BCUT2D eigenvalue weighted by Gasteiger charge is -2.39. The second-order valence-corrected chi connectivity index (χ2v) is 7.41. The third-order valence-electron chi connectivity index (χ3n) is 5.95. The Labute approximate surface area is 139 Å². The molecule has 0 aromatic rings. The van der Waals surface area contributed by atoms with Crippen molar-refractivity contribution in [3.05, 3.63) is 23.8 Å². The molecule has 2 unspecified atom stereocenters. The molecule has 2 fully saturated rings. The third kappa shape index (κ3) is 3.63. The lowest BCUT2D eigenvalue weighted by molar-refractivity contribution is 0.0129. The molecule has 0 bridgehead atoms. The molecule has 1 heterocycles. The van der Waals surface area contributed by atoms with Gasteiger partial charge in [0, 0.05) is 13.7 Å². The van der Waals surface area contributed by atoms with Crippen molar-refractivity contribution in [1.82, 2.24) is 4.90 Å². The molecule has 2 atom stereocenters. The molecule has 2 aliphatic carbocycles. The number of hydrogen-bond donors (Lipinski definition) is 1. The molecule has 0 aromatic heterocycles. The lowest BCUT2D eigenvalue weighted by atomic mass is 9.81. The molecule has 3 aliphatic rings. The standard InChI is InChI=1S/C19H30N2O2/c1-23-19(14-15-6-2-3-7-15)11-9-16(10-12-19)17-8-4-5-13-21(17)18(20)22/h9-11,15,17H,2-8,12-14H2,1H3,(H2,20,22). The Morgan fingerprint density at radius 3 is 2.65 bits per heavy atom. The van der Waals surface area contributed by atoms with Crippen LogP contribution in [-0.4, -0.2) is 36.2 Å². The molecular weight excluding hydrogens is 288 g/mol. The molecule has 3 rings (SSSR count). The van der Waals surface area contributed by atoms with E-state index in [-0.39, 0.29) is 17.7 Å². The number of piperidine rings is 1. The van der Waals surface area contributed by atoms with E-state index in [1.807, 2.05) is 12.0 Å². The van der Waals surface area contributed by atoms with Gasteiger partial charge in [0.25, 0.3) is 0 Å². The predicted molar refractivity (Wildman–Crippen MR) is 92.1 cm³/mol. The fourth-order valence-corrected chi connectivity index (χ4v) is 4.55. The van der Waals surface area contributed by atoms with E-state index in [2.05, 4.69) is 18.2 Å². The van der Waals surface area contributed by atoms with Gasteiger partial charge in [-0.1, -0.05) is 43.9 Å². The number of nitrogens with two attached hydrogens (primary N) is 1. The van der Waals surface area contributed by atoms with Crippen molar-refractivity contribution < 1.29 is 9.53 Å². The molecule has 2 N–H and O–H groups in total.